The normalized spacial score (nSPS) is 20.1. The molecule has 0 spiro atoms. The fraction of sp³-hybridized carbons (Fsp3) is 0.500. The lowest BCUT2D eigenvalue weighted by molar-refractivity contribution is 0.316. The summed E-state index contributed by atoms with van der Waals surface area (Å²) in [5, 5.41) is 0.168. The van der Waals surface area contributed by atoms with Crippen molar-refractivity contribution in [2.24, 2.45) is 0 Å². The van der Waals surface area contributed by atoms with E-state index >= 15 is 0 Å². The van der Waals surface area contributed by atoms with Crippen LogP contribution in [0.2, 0.25) is 0 Å². The van der Waals surface area contributed by atoms with E-state index in [0.29, 0.717) is 0 Å². The zero-order valence-corrected chi connectivity index (χ0v) is 11.7. The van der Waals surface area contributed by atoms with Gasteiger partial charge >= 0.3 is 0 Å². The molecule has 98 valence electrons. The summed E-state index contributed by atoms with van der Waals surface area (Å²) >= 11 is 6.31. The molecule has 0 radical (unpaired) electrons. The van der Waals surface area contributed by atoms with E-state index in [1.54, 1.807) is 0 Å². The van der Waals surface area contributed by atoms with E-state index in [1.807, 2.05) is 6.07 Å². The van der Waals surface area contributed by atoms with Gasteiger partial charge in [0, 0.05) is 5.56 Å². The second-order valence-electron chi connectivity index (χ2n) is 4.80. The number of halogens is 1. The van der Waals surface area contributed by atoms with Crippen LogP contribution in [0.1, 0.15) is 44.6 Å². The van der Waals surface area contributed by atoms with Gasteiger partial charge in [0.1, 0.15) is 5.75 Å². The van der Waals surface area contributed by atoms with E-state index in [0.717, 1.165) is 31.6 Å². The van der Waals surface area contributed by atoms with Gasteiger partial charge < -0.3 is 4.74 Å². The Balaban J connectivity index is 2.25. The highest BCUT2D eigenvalue weighted by Crippen LogP contribution is 2.33. The number of hydrogen-bond acceptors (Lipinski definition) is 1. The molecule has 1 nitrogen and oxygen atoms in total. The Morgan fingerprint density at radius 3 is 2.94 bits per heavy atom. The van der Waals surface area contributed by atoms with E-state index in [9.17, 15) is 0 Å². The van der Waals surface area contributed by atoms with Crippen molar-refractivity contribution in [3.8, 4) is 5.75 Å². The van der Waals surface area contributed by atoms with Gasteiger partial charge in [0.15, 0.2) is 0 Å². The molecule has 0 aromatic heterocycles. The summed E-state index contributed by atoms with van der Waals surface area (Å²) in [5.41, 5.74) is 2.57. The molecular weight excluding hydrogens is 244 g/mol. The Morgan fingerprint density at radius 1 is 1.28 bits per heavy atom. The second-order valence-corrected chi connectivity index (χ2v) is 5.36. The van der Waals surface area contributed by atoms with Crippen LogP contribution in [0.25, 0.3) is 5.57 Å². The van der Waals surface area contributed by atoms with Crippen LogP contribution in [0.4, 0.5) is 0 Å². The lowest BCUT2D eigenvalue weighted by Crippen LogP contribution is -1.99. The zero-order chi connectivity index (χ0) is 12.8. The monoisotopic (exact) mass is 264 g/mol. The van der Waals surface area contributed by atoms with Gasteiger partial charge in [-0.25, -0.2) is 0 Å². The summed E-state index contributed by atoms with van der Waals surface area (Å²) in [4.78, 5) is 0. The topological polar surface area (TPSA) is 9.23 Å². The van der Waals surface area contributed by atoms with Gasteiger partial charge in [-0.05, 0) is 37.3 Å². The van der Waals surface area contributed by atoms with Gasteiger partial charge in [-0.15, -0.1) is 11.6 Å². The van der Waals surface area contributed by atoms with E-state index < -0.39 is 0 Å². The minimum atomic E-state index is 0.168. The van der Waals surface area contributed by atoms with E-state index in [1.165, 1.54) is 24.0 Å². The molecule has 0 aliphatic heterocycles. The number of hydrogen-bond donors (Lipinski definition) is 0. The third kappa shape index (κ3) is 3.52. The Labute approximate surface area is 115 Å². The van der Waals surface area contributed by atoms with Crippen molar-refractivity contribution >= 4 is 17.2 Å². The Hall–Kier alpha value is -0.950. The molecule has 2 heteroatoms. The average molecular weight is 265 g/mol. The third-order valence-corrected chi connectivity index (χ3v) is 3.60. The standard InChI is InChI=1S/C16H21ClO/c1-2-11-18-16-10-6-5-9-15(16)13-7-3-4-8-14(17)12-13/h5-6,9-10,12,14H,2-4,7-8,11H2,1H3. The number of allylic oxidation sites excluding steroid dienone is 2. The molecule has 2 rings (SSSR count). The summed E-state index contributed by atoms with van der Waals surface area (Å²) in [6, 6.07) is 8.30. The van der Waals surface area contributed by atoms with Crippen LogP contribution in [-0.4, -0.2) is 12.0 Å². The van der Waals surface area contributed by atoms with Crippen molar-refractivity contribution in [1.82, 2.24) is 0 Å². The molecule has 1 atom stereocenters. The van der Waals surface area contributed by atoms with E-state index in [4.69, 9.17) is 16.3 Å². The first-order valence-corrected chi connectivity index (χ1v) is 7.32. The Bertz CT molecular complexity index is 411. The molecule has 1 aliphatic rings. The quantitative estimate of drug-likeness (QED) is 0.692. The molecule has 1 unspecified atom stereocenters. The van der Waals surface area contributed by atoms with Crippen molar-refractivity contribution in [2.75, 3.05) is 6.61 Å². The summed E-state index contributed by atoms with van der Waals surface area (Å²) in [6.07, 6.45) is 7.87. The molecule has 0 saturated carbocycles. The molecule has 0 saturated heterocycles. The van der Waals surface area contributed by atoms with E-state index in [-0.39, 0.29) is 5.38 Å². The number of benzene rings is 1. The molecule has 0 N–H and O–H groups in total. The molecule has 0 amide bonds. The molecule has 0 heterocycles. The minimum Gasteiger partial charge on any atom is -0.493 e. The largest absolute Gasteiger partial charge is 0.493 e. The second kappa shape index (κ2) is 6.84. The highest BCUT2D eigenvalue weighted by atomic mass is 35.5. The van der Waals surface area contributed by atoms with Crippen LogP contribution in [0.5, 0.6) is 5.75 Å². The predicted molar refractivity (Wildman–Crippen MR) is 78.3 cm³/mol. The first-order valence-electron chi connectivity index (χ1n) is 6.88. The Morgan fingerprint density at radius 2 is 2.11 bits per heavy atom. The number of para-hydroxylation sites is 1. The number of rotatable bonds is 4. The summed E-state index contributed by atoms with van der Waals surface area (Å²) < 4.78 is 5.83. The molecular formula is C16H21ClO. The van der Waals surface area contributed by atoms with Crippen LogP contribution in [0.15, 0.2) is 30.3 Å². The number of alkyl halides is 1. The van der Waals surface area contributed by atoms with Gasteiger partial charge in [0.2, 0.25) is 0 Å². The SMILES string of the molecule is CCCOc1ccccc1C1=CC(Cl)CCCC1. The number of ether oxygens (including phenoxy) is 1. The Kier molecular flexibility index (Phi) is 5.12. The van der Waals surface area contributed by atoms with Gasteiger partial charge in [0.05, 0.1) is 12.0 Å². The summed E-state index contributed by atoms with van der Waals surface area (Å²) in [6.45, 7) is 2.90. The average Bonchev–Trinajstić information content (AvgIpc) is 2.61. The predicted octanol–water partition coefficient (Wildman–Crippen LogP) is 5.04. The maximum Gasteiger partial charge on any atom is 0.126 e. The van der Waals surface area contributed by atoms with Gasteiger partial charge in [-0.2, -0.15) is 0 Å². The minimum absolute atomic E-state index is 0.168. The maximum atomic E-state index is 6.31. The highest BCUT2D eigenvalue weighted by Gasteiger charge is 2.14. The van der Waals surface area contributed by atoms with Gasteiger partial charge in [-0.1, -0.05) is 37.6 Å². The van der Waals surface area contributed by atoms with Gasteiger partial charge in [-0.3, -0.25) is 0 Å². The highest BCUT2D eigenvalue weighted by molar-refractivity contribution is 6.22. The van der Waals surface area contributed by atoms with Crippen molar-refractivity contribution in [3.63, 3.8) is 0 Å². The van der Waals surface area contributed by atoms with Crippen molar-refractivity contribution in [1.29, 1.82) is 0 Å². The maximum absolute atomic E-state index is 6.31. The molecule has 18 heavy (non-hydrogen) atoms. The fourth-order valence-electron chi connectivity index (χ4n) is 2.33. The summed E-state index contributed by atoms with van der Waals surface area (Å²) in [7, 11) is 0. The summed E-state index contributed by atoms with van der Waals surface area (Å²) in [5.74, 6) is 0.997. The van der Waals surface area contributed by atoms with Crippen molar-refractivity contribution < 1.29 is 4.74 Å². The molecule has 1 aromatic rings. The third-order valence-electron chi connectivity index (χ3n) is 3.25. The molecule has 1 aliphatic carbocycles. The fourth-order valence-corrected chi connectivity index (χ4v) is 2.64. The smallest absolute Gasteiger partial charge is 0.126 e. The molecule has 0 fully saturated rings. The lowest BCUT2D eigenvalue weighted by atomic mass is 10.0. The first-order chi connectivity index (χ1) is 8.81. The van der Waals surface area contributed by atoms with Crippen LogP contribution in [0, 0.1) is 0 Å². The van der Waals surface area contributed by atoms with Crippen LogP contribution in [-0.2, 0) is 0 Å². The van der Waals surface area contributed by atoms with Crippen molar-refractivity contribution in [3.05, 3.63) is 35.9 Å². The van der Waals surface area contributed by atoms with Crippen LogP contribution in [0.3, 0.4) is 0 Å². The molecule has 0 bridgehead atoms. The van der Waals surface area contributed by atoms with E-state index in [2.05, 4.69) is 31.2 Å². The first kappa shape index (κ1) is 13.5. The van der Waals surface area contributed by atoms with Gasteiger partial charge in [0.25, 0.3) is 0 Å². The lowest BCUT2D eigenvalue weighted by Gasteiger charge is -2.13. The van der Waals surface area contributed by atoms with Crippen LogP contribution >= 0.6 is 11.6 Å². The van der Waals surface area contributed by atoms with Crippen LogP contribution < -0.4 is 4.74 Å². The molecule has 1 aromatic carbocycles. The zero-order valence-electron chi connectivity index (χ0n) is 11.0. The van der Waals surface area contributed by atoms with Crippen molar-refractivity contribution in [2.45, 2.75) is 44.4 Å².